The lowest BCUT2D eigenvalue weighted by molar-refractivity contribution is 0.102. The minimum atomic E-state index is -0.145. The van der Waals surface area contributed by atoms with Crippen LogP contribution in [0.1, 0.15) is 27.5 Å². The normalized spacial score (nSPS) is 13.5. The number of fused-ring (bicyclic) bond motifs is 1. The SMILES string of the molecule is Cc1nc(C(=O)Nc2ccc3c(c2)CCCN3)cs1. The third-order valence-electron chi connectivity index (χ3n) is 3.15. The van der Waals surface area contributed by atoms with Crippen molar-refractivity contribution in [3.8, 4) is 0 Å². The van der Waals surface area contributed by atoms with E-state index in [1.807, 2.05) is 25.1 Å². The number of benzene rings is 1. The Kier molecular flexibility index (Phi) is 3.21. The molecule has 5 heteroatoms. The van der Waals surface area contributed by atoms with Crippen LogP contribution in [0.4, 0.5) is 11.4 Å². The van der Waals surface area contributed by atoms with Crippen molar-refractivity contribution >= 4 is 28.6 Å². The molecule has 1 aromatic carbocycles. The van der Waals surface area contributed by atoms with Gasteiger partial charge in [-0.15, -0.1) is 11.3 Å². The molecule has 1 aromatic heterocycles. The lowest BCUT2D eigenvalue weighted by Gasteiger charge is -2.18. The van der Waals surface area contributed by atoms with Gasteiger partial charge in [-0.2, -0.15) is 0 Å². The molecule has 2 aromatic rings. The third kappa shape index (κ3) is 2.61. The summed E-state index contributed by atoms with van der Waals surface area (Å²) in [5.41, 5.74) is 3.75. The number of aryl methyl sites for hydroxylation is 2. The molecule has 0 saturated carbocycles. The van der Waals surface area contributed by atoms with Gasteiger partial charge >= 0.3 is 0 Å². The molecule has 0 aliphatic carbocycles. The molecule has 0 unspecified atom stereocenters. The monoisotopic (exact) mass is 273 g/mol. The molecular formula is C14H15N3OS. The standard InChI is InChI=1S/C14H15N3OS/c1-9-16-13(8-19-9)14(18)17-11-4-5-12-10(7-11)3-2-6-15-12/h4-5,7-8,15H,2-3,6H2,1H3,(H,17,18). The van der Waals surface area contributed by atoms with Crippen molar-refractivity contribution in [2.45, 2.75) is 19.8 Å². The van der Waals surface area contributed by atoms with Crippen molar-refractivity contribution in [2.24, 2.45) is 0 Å². The van der Waals surface area contributed by atoms with E-state index < -0.39 is 0 Å². The molecule has 2 N–H and O–H groups in total. The molecule has 0 bridgehead atoms. The first kappa shape index (κ1) is 12.2. The van der Waals surface area contributed by atoms with Crippen molar-refractivity contribution in [3.05, 3.63) is 39.8 Å². The topological polar surface area (TPSA) is 54.0 Å². The Morgan fingerprint density at radius 2 is 2.37 bits per heavy atom. The molecule has 0 spiro atoms. The zero-order chi connectivity index (χ0) is 13.2. The van der Waals surface area contributed by atoms with Crippen molar-refractivity contribution in [1.82, 2.24) is 4.98 Å². The number of thiazole rings is 1. The number of hydrogen-bond acceptors (Lipinski definition) is 4. The summed E-state index contributed by atoms with van der Waals surface area (Å²) in [6, 6.07) is 5.99. The Bertz CT molecular complexity index is 621. The average molecular weight is 273 g/mol. The number of nitrogens with zero attached hydrogens (tertiary/aromatic N) is 1. The molecule has 0 saturated heterocycles. The van der Waals surface area contributed by atoms with E-state index in [4.69, 9.17) is 0 Å². The van der Waals surface area contributed by atoms with Gasteiger partial charge in [-0.1, -0.05) is 0 Å². The van der Waals surface area contributed by atoms with E-state index in [-0.39, 0.29) is 5.91 Å². The fraction of sp³-hybridized carbons (Fsp3) is 0.286. The zero-order valence-electron chi connectivity index (χ0n) is 10.7. The van der Waals surface area contributed by atoms with Gasteiger partial charge in [0.2, 0.25) is 0 Å². The second-order valence-electron chi connectivity index (χ2n) is 4.61. The van der Waals surface area contributed by atoms with Gasteiger partial charge in [-0.25, -0.2) is 4.98 Å². The smallest absolute Gasteiger partial charge is 0.275 e. The van der Waals surface area contributed by atoms with Gasteiger partial charge in [0.05, 0.1) is 5.01 Å². The van der Waals surface area contributed by atoms with E-state index in [1.165, 1.54) is 22.6 Å². The molecule has 0 fully saturated rings. The van der Waals surface area contributed by atoms with E-state index in [0.29, 0.717) is 5.69 Å². The summed E-state index contributed by atoms with van der Waals surface area (Å²) >= 11 is 1.48. The van der Waals surface area contributed by atoms with Gasteiger partial charge in [-0.3, -0.25) is 4.79 Å². The van der Waals surface area contributed by atoms with E-state index in [2.05, 4.69) is 15.6 Å². The van der Waals surface area contributed by atoms with E-state index >= 15 is 0 Å². The number of nitrogens with one attached hydrogen (secondary N) is 2. The van der Waals surface area contributed by atoms with Crippen molar-refractivity contribution < 1.29 is 4.79 Å². The molecule has 19 heavy (non-hydrogen) atoms. The first-order valence-electron chi connectivity index (χ1n) is 6.32. The summed E-state index contributed by atoms with van der Waals surface area (Å²) < 4.78 is 0. The fourth-order valence-electron chi connectivity index (χ4n) is 2.22. The molecule has 1 aliphatic rings. The quantitative estimate of drug-likeness (QED) is 0.884. The molecule has 0 atom stereocenters. The van der Waals surface area contributed by atoms with Gasteiger partial charge in [-0.05, 0) is 43.5 Å². The Labute approximate surface area is 115 Å². The number of carbonyl (C=O) groups excluding carboxylic acids is 1. The number of rotatable bonds is 2. The fourth-order valence-corrected chi connectivity index (χ4v) is 2.81. The summed E-state index contributed by atoms with van der Waals surface area (Å²) in [5.74, 6) is -0.145. The second kappa shape index (κ2) is 5.01. The van der Waals surface area contributed by atoms with Gasteiger partial charge < -0.3 is 10.6 Å². The van der Waals surface area contributed by atoms with Crippen LogP contribution >= 0.6 is 11.3 Å². The van der Waals surface area contributed by atoms with E-state index in [9.17, 15) is 4.79 Å². The zero-order valence-corrected chi connectivity index (χ0v) is 11.5. The van der Waals surface area contributed by atoms with Gasteiger partial charge in [0.25, 0.3) is 5.91 Å². The molecule has 0 radical (unpaired) electrons. The molecule has 3 rings (SSSR count). The summed E-state index contributed by atoms with van der Waals surface area (Å²) in [5, 5.41) is 8.94. The van der Waals surface area contributed by atoms with Crippen LogP contribution in [-0.2, 0) is 6.42 Å². The largest absolute Gasteiger partial charge is 0.385 e. The van der Waals surface area contributed by atoms with Crippen LogP contribution in [0.15, 0.2) is 23.6 Å². The highest BCUT2D eigenvalue weighted by Crippen LogP contribution is 2.25. The third-order valence-corrected chi connectivity index (χ3v) is 3.93. The van der Waals surface area contributed by atoms with Crippen molar-refractivity contribution in [2.75, 3.05) is 17.2 Å². The maximum absolute atomic E-state index is 12.0. The Morgan fingerprint density at radius 1 is 1.47 bits per heavy atom. The maximum Gasteiger partial charge on any atom is 0.275 e. The molecule has 1 amide bonds. The van der Waals surface area contributed by atoms with E-state index in [1.54, 1.807) is 5.38 Å². The molecule has 98 valence electrons. The lowest BCUT2D eigenvalue weighted by Crippen LogP contribution is -2.15. The number of hydrogen-bond donors (Lipinski definition) is 2. The molecule has 2 heterocycles. The summed E-state index contributed by atoms with van der Waals surface area (Å²) in [4.78, 5) is 16.2. The highest BCUT2D eigenvalue weighted by molar-refractivity contribution is 7.09. The van der Waals surface area contributed by atoms with Crippen LogP contribution in [0.5, 0.6) is 0 Å². The number of aromatic nitrogens is 1. The minimum Gasteiger partial charge on any atom is -0.385 e. The predicted molar refractivity (Wildman–Crippen MR) is 78.1 cm³/mol. The van der Waals surface area contributed by atoms with Crippen molar-refractivity contribution in [3.63, 3.8) is 0 Å². The predicted octanol–water partition coefficient (Wildman–Crippen LogP) is 3.06. The summed E-state index contributed by atoms with van der Waals surface area (Å²) in [6.45, 7) is 2.92. The molecule has 1 aliphatic heterocycles. The summed E-state index contributed by atoms with van der Waals surface area (Å²) in [6.07, 6.45) is 2.19. The number of anilines is 2. The Hall–Kier alpha value is -1.88. The van der Waals surface area contributed by atoms with Crippen LogP contribution in [0.2, 0.25) is 0 Å². The van der Waals surface area contributed by atoms with Gasteiger partial charge in [0.1, 0.15) is 5.69 Å². The number of carbonyl (C=O) groups is 1. The van der Waals surface area contributed by atoms with Gasteiger partial charge in [0, 0.05) is 23.3 Å². The lowest BCUT2D eigenvalue weighted by atomic mass is 10.0. The average Bonchev–Trinajstić information content (AvgIpc) is 2.85. The Morgan fingerprint density at radius 3 is 3.16 bits per heavy atom. The summed E-state index contributed by atoms with van der Waals surface area (Å²) in [7, 11) is 0. The highest BCUT2D eigenvalue weighted by atomic mass is 32.1. The van der Waals surface area contributed by atoms with Crippen LogP contribution in [0.3, 0.4) is 0 Å². The number of amides is 1. The first-order valence-corrected chi connectivity index (χ1v) is 7.20. The van der Waals surface area contributed by atoms with Gasteiger partial charge in [0.15, 0.2) is 0 Å². The molecular weight excluding hydrogens is 258 g/mol. The van der Waals surface area contributed by atoms with Crippen LogP contribution in [0, 0.1) is 6.92 Å². The maximum atomic E-state index is 12.0. The first-order chi connectivity index (χ1) is 9.22. The minimum absolute atomic E-state index is 0.145. The van der Waals surface area contributed by atoms with Crippen molar-refractivity contribution in [1.29, 1.82) is 0 Å². The Balaban J connectivity index is 1.78. The van der Waals surface area contributed by atoms with Crippen LogP contribution < -0.4 is 10.6 Å². The van der Waals surface area contributed by atoms with E-state index in [0.717, 1.165) is 30.1 Å². The molecule has 4 nitrogen and oxygen atoms in total. The highest BCUT2D eigenvalue weighted by Gasteiger charge is 2.12. The second-order valence-corrected chi connectivity index (χ2v) is 5.67. The van der Waals surface area contributed by atoms with Crippen LogP contribution in [0.25, 0.3) is 0 Å². The van der Waals surface area contributed by atoms with Crippen LogP contribution in [-0.4, -0.2) is 17.4 Å².